The van der Waals surface area contributed by atoms with E-state index in [-0.39, 0.29) is 18.2 Å². The van der Waals surface area contributed by atoms with Gasteiger partial charge in [0.25, 0.3) is 0 Å². The molecule has 1 aliphatic heterocycles. The number of amides is 2. The van der Waals surface area contributed by atoms with Gasteiger partial charge in [0, 0.05) is 21.6 Å². The van der Waals surface area contributed by atoms with Crippen molar-refractivity contribution >= 4 is 51.9 Å². The zero-order valence-corrected chi connectivity index (χ0v) is 17.0. The van der Waals surface area contributed by atoms with Gasteiger partial charge in [0.2, 0.25) is 11.8 Å². The summed E-state index contributed by atoms with van der Waals surface area (Å²) in [6.07, 6.45) is 0.161. The number of hydrogen-bond acceptors (Lipinski definition) is 6. The first-order chi connectivity index (χ1) is 13.1. The lowest BCUT2D eigenvalue weighted by molar-refractivity contribution is -0.124. The molecule has 0 saturated heterocycles. The maximum atomic E-state index is 12.3. The van der Waals surface area contributed by atoms with E-state index in [1.165, 1.54) is 11.8 Å². The van der Waals surface area contributed by atoms with Crippen molar-refractivity contribution in [2.75, 3.05) is 5.32 Å². The smallest absolute Gasteiger partial charge is 0.238 e. The van der Waals surface area contributed by atoms with Crippen LogP contribution in [0.3, 0.4) is 0 Å². The van der Waals surface area contributed by atoms with E-state index in [1.54, 1.807) is 22.7 Å². The molecule has 1 atom stereocenters. The lowest BCUT2D eigenvalue weighted by Crippen LogP contribution is -2.34. The van der Waals surface area contributed by atoms with Gasteiger partial charge >= 0.3 is 0 Å². The summed E-state index contributed by atoms with van der Waals surface area (Å²) in [5, 5.41) is 8.47. The van der Waals surface area contributed by atoms with Gasteiger partial charge in [-0.3, -0.25) is 9.59 Å². The Morgan fingerprint density at radius 1 is 1.26 bits per heavy atom. The van der Waals surface area contributed by atoms with Gasteiger partial charge in [-0.2, -0.15) is 0 Å². The molecule has 0 fully saturated rings. The van der Waals surface area contributed by atoms with Crippen molar-refractivity contribution in [3.8, 4) is 10.6 Å². The predicted octanol–water partition coefficient (Wildman–Crippen LogP) is 4.30. The van der Waals surface area contributed by atoms with Gasteiger partial charge in [-0.25, -0.2) is 4.98 Å². The number of carbonyl (C=O) groups excluding carboxylic acids is 2. The fraction of sp³-hybridized carbons (Fsp3) is 0.211. The van der Waals surface area contributed by atoms with Crippen LogP contribution in [0.5, 0.6) is 0 Å². The van der Waals surface area contributed by atoms with Crippen LogP contribution in [0.4, 0.5) is 5.69 Å². The average Bonchev–Trinajstić information content (AvgIpc) is 3.29. The molecule has 0 saturated carbocycles. The Morgan fingerprint density at radius 3 is 2.93 bits per heavy atom. The SMILES string of the molecule is Cc1nc(-c2ccc(CNC(=O)C[C@@H]3Sc4ccccc4NC3=O)s2)cs1. The van der Waals surface area contributed by atoms with Crippen molar-refractivity contribution in [3.63, 3.8) is 0 Å². The number of benzene rings is 1. The summed E-state index contributed by atoms with van der Waals surface area (Å²) >= 11 is 4.69. The molecule has 3 heterocycles. The van der Waals surface area contributed by atoms with Crippen LogP contribution in [0, 0.1) is 6.92 Å². The molecule has 0 unspecified atom stereocenters. The minimum Gasteiger partial charge on any atom is -0.351 e. The number of fused-ring (bicyclic) bond motifs is 1. The van der Waals surface area contributed by atoms with Crippen LogP contribution < -0.4 is 10.6 Å². The molecule has 3 aromatic rings. The largest absolute Gasteiger partial charge is 0.351 e. The van der Waals surface area contributed by atoms with Crippen LogP contribution in [0.15, 0.2) is 46.7 Å². The average molecular weight is 416 g/mol. The summed E-state index contributed by atoms with van der Waals surface area (Å²) in [5.41, 5.74) is 1.79. The van der Waals surface area contributed by atoms with Crippen LogP contribution in [-0.2, 0) is 16.1 Å². The van der Waals surface area contributed by atoms with Crippen LogP contribution in [0.1, 0.15) is 16.3 Å². The van der Waals surface area contributed by atoms with E-state index >= 15 is 0 Å². The zero-order valence-electron chi connectivity index (χ0n) is 14.5. The van der Waals surface area contributed by atoms with Crippen LogP contribution in [0.2, 0.25) is 0 Å². The summed E-state index contributed by atoms with van der Waals surface area (Å²) in [4.78, 5) is 32.2. The second-order valence-corrected chi connectivity index (χ2v) is 9.57. The third-order valence-corrected chi connectivity index (χ3v) is 7.23. The molecule has 0 bridgehead atoms. The number of thiazole rings is 1. The highest BCUT2D eigenvalue weighted by Gasteiger charge is 2.28. The van der Waals surface area contributed by atoms with Gasteiger partial charge in [0.05, 0.1) is 33.1 Å². The Morgan fingerprint density at radius 2 is 2.11 bits per heavy atom. The Hall–Kier alpha value is -2.16. The Bertz CT molecular complexity index is 996. The molecule has 5 nitrogen and oxygen atoms in total. The molecule has 138 valence electrons. The first kappa shape index (κ1) is 18.2. The van der Waals surface area contributed by atoms with Crippen LogP contribution >= 0.6 is 34.4 Å². The number of rotatable bonds is 5. The van der Waals surface area contributed by atoms with Crippen molar-refractivity contribution in [1.29, 1.82) is 0 Å². The molecule has 2 N–H and O–H groups in total. The predicted molar refractivity (Wildman–Crippen MR) is 111 cm³/mol. The summed E-state index contributed by atoms with van der Waals surface area (Å²) < 4.78 is 0. The van der Waals surface area contributed by atoms with Crippen molar-refractivity contribution in [2.45, 2.75) is 30.0 Å². The Kier molecular flexibility index (Phi) is 5.29. The standard InChI is InChI=1S/C19H17N3O2S3/c1-11-21-14(10-25-11)16-7-6-12(26-16)9-20-18(23)8-17-19(24)22-13-4-2-3-5-15(13)27-17/h2-7,10,17H,8-9H2,1H3,(H,20,23)(H,22,24)/t17-/m0/s1. The first-order valence-electron chi connectivity index (χ1n) is 8.43. The van der Waals surface area contributed by atoms with Gasteiger partial charge < -0.3 is 10.6 Å². The van der Waals surface area contributed by atoms with Gasteiger partial charge in [-0.05, 0) is 31.2 Å². The van der Waals surface area contributed by atoms with E-state index in [1.807, 2.05) is 48.7 Å². The summed E-state index contributed by atoms with van der Waals surface area (Å²) in [7, 11) is 0. The molecule has 1 aromatic carbocycles. The molecule has 27 heavy (non-hydrogen) atoms. The quantitative estimate of drug-likeness (QED) is 0.652. The highest BCUT2D eigenvalue weighted by atomic mass is 32.2. The van der Waals surface area contributed by atoms with Crippen molar-refractivity contribution in [3.05, 3.63) is 51.7 Å². The van der Waals surface area contributed by atoms with Crippen molar-refractivity contribution in [1.82, 2.24) is 10.3 Å². The van der Waals surface area contributed by atoms with Crippen LogP contribution in [0.25, 0.3) is 10.6 Å². The fourth-order valence-corrected chi connectivity index (χ4v) is 5.45. The number of aromatic nitrogens is 1. The van der Waals surface area contributed by atoms with E-state index in [0.29, 0.717) is 6.54 Å². The summed E-state index contributed by atoms with van der Waals surface area (Å²) in [6.45, 7) is 2.45. The normalized spacial score (nSPS) is 15.9. The van der Waals surface area contributed by atoms with E-state index in [0.717, 1.165) is 31.0 Å². The molecule has 8 heteroatoms. The van der Waals surface area contributed by atoms with Gasteiger partial charge in [-0.1, -0.05) is 12.1 Å². The van der Waals surface area contributed by atoms with E-state index < -0.39 is 5.25 Å². The second-order valence-electron chi connectivity index (χ2n) is 6.09. The number of thioether (sulfide) groups is 1. The highest BCUT2D eigenvalue weighted by molar-refractivity contribution is 8.01. The number of carbonyl (C=O) groups is 2. The van der Waals surface area contributed by atoms with Gasteiger partial charge in [0.1, 0.15) is 0 Å². The Balaban J connectivity index is 1.33. The van der Waals surface area contributed by atoms with Crippen molar-refractivity contribution < 1.29 is 9.59 Å². The number of nitrogens with one attached hydrogen (secondary N) is 2. The Labute approximate surface area is 169 Å². The number of thiophene rings is 1. The highest BCUT2D eigenvalue weighted by Crippen LogP contribution is 2.36. The third kappa shape index (κ3) is 4.23. The molecule has 4 rings (SSSR count). The summed E-state index contributed by atoms with van der Waals surface area (Å²) in [5.74, 6) is -0.243. The molecule has 2 aromatic heterocycles. The first-order valence-corrected chi connectivity index (χ1v) is 11.0. The number of nitrogens with zero attached hydrogens (tertiary/aromatic N) is 1. The number of para-hydroxylation sites is 1. The lowest BCUT2D eigenvalue weighted by Gasteiger charge is -2.23. The maximum absolute atomic E-state index is 12.3. The third-order valence-electron chi connectivity index (χ3n) is 4.07. The topological polar surface area (TPSA) is 71.1 Å². The number of hydrogen-bond donors (Lipinski definition) is 2. The minimum absolute atomic E-state index is 0.119. The minimum atomic E-state index is -0.406. The fourth-order valence-electron chi connectivity index (χ4n) is 2.74. The summed E-state index contributed by atoms with van der Waals surface area (Å²) in [6, 6.07) is 11.7. The second kappa shape index (κ2) is 7.84. The van der Waals surface area contributed by atoms with Crippen molar-refractivity contribution in [2.24, 2.45) is 0 Å². The molecular formula is C19H17N3O2S3. The monoisotopic (exact) mass is 415 g/mol. The maximum Gasteiger partial charge on any atom is 0.238 e. The van der Waals surface area contributed by atoms with E-state index in [4.69, 9.17) is 0 Å². The van der Waals surface area contributed by atoms with Gasteiger partial charge in [0.15, 0.2) is 0 Å². The zero-order chi connectivity index (χ0) is 18.8. The molecule has 2 amide bonds. The molecule has 0 aliphatic carbocycles. The van der Waals surface area contributed by atoms with Gasteiger partial charge in [-0.15, -0.1) is 34.4 Å². The lowest BCUT2D eigenvalue weighted by atomic mass is 10.2. The molecule has 0 spiro atoms. The molecular weight excluding hydrogens is 398 g/mol. The van der Waals surface area contributed by atoms with E-state index in [9.17, 15) is 9.59 Å². The molecule has 0 radical (unpaired) electrons. The number of anilines is 1. The molecule has 1 aliphatic rings. The van der Waals surface area contributed by atoms with Crippen LogP contribution in [-0.4, -0.2) is 22.0 Å². The number of aryl methyl sites for hydroxylation is 1. The van der Waals surface area contributed by atoms with E-state index in [2.05, 4.69) is 15.6 Å².